The van der Waals surface area contributed by atoms with Crippen molar-refractivity contribution in [1.29, 1.82) is 0 Å². The monoisotopic (exact) mass is 588 g/mol. The number of aromatic carboxylic acids is 1. The van der Waals surface area contributed by atoms with E-state index < -0.39 is 5.97 Å². The van der Waals surface area contributed by atoms with Gasteiger partial charge in [-0.25, -0.2) is 9.78 Å². The number of aromatic nitrogens is 4. The number of fused-ring (bicyclic) bond motifs is 1. The predicted molar refractivity (Wildman–Crippen MR) is 159 cm³/mol. The third-order valence-electron chi connectivity index (χ3n) is 7.93. The van der Waals surface area contributed by atoms with E-state index in [0.717, 1.165) is 56.9 Å². The summed E-state index contributed by atoms with van der Waals surface area (Å²) in [5.41, 5.74) is 2.54. The van der Waals surface area contributed by atoms with E-state index in [1.54, 1.807) is 63.4 Å². The molecule has 218 valence electrons. The van der Waals surface area contributed by atoms with Crippen molar-refractivity contribution < 1.29 is 14.6 Å². The Morgan fingerprint density at radius 1 is 1.00 bits per heavy atom. The maximum absolute atomic E-state index is 12.7. The number of nitrogens with zero attached hydrogens (tertiary/aromatic N) is 5. The van der Waals surface area contributed by atoms with Gasteiger partial charge in [-0.1, -0.05) is 30.0 Å². The van der Waals surface area contributed by atoms with E-state index in [4.69, 9.17) is 9.84 Å². The SMILES string of the molecule is O=C(O)c1ccccc1.O=c1cnc2ccc(=O)n3c2n1CC[C@H]3CN1CCC(NCc2cc3c(cn2)OCS3)CC1. The molecule has 0 radical (unpaired) electrons. The number of aryl methyl sites for hydroxylation is 1. The quantitative estimate of drug-likeness (QED) is 0.347. The van der Waals surface area contributed by atoms with Crippen LogP contribution in [0, 0.1) is 0 Å². The van der Waals surface area contributed by atoms with Gasteiger partial charge in [0.1, 0.15) is 17.1 Å². The number of nitrogens with one attached hydrogen (secondary N) is 1. The minimum absolute atomic E-state index is 0.0599. The van der Waals surface area contributed by atoms with Crippen molar-refractivity contribution in [2.75, 3.05) is 25.6 Å². The van der Waals surface area contributed by atoms with Crippen molar-refractivity contribution in [2.24, 2.45) is 0 Å². The molecule has 0 unspecified atom stereocenters. The first kappa shape index (κ1) is 28.1. The summed E-state index contributed by atoms with van der Waals surface area (Å²) in [7, 11) is 0. The van der Waals surface area contributed by atoms with Crippen molar-refractivity contribution >= 4 is 28.9 Å². The van der Waals surface area contributed by atoms with E-state index in [-0.39, 0.29) is 17.2 Å². The lowest BCUT2D eigenvalue weighted by Crippen LogP contribution is -2.46. The third-order valence-corrected chi connectivity index (χ3v) is 8.80. The van der Waals surface area contributed by atoms with Crippen LogP contribution in [0.4, 0.5) is 0 Å². The molecule has 1 atom stereocenters. The molecule has 3 aliphatic rings. The van der Waals surface area contributed by atoms with Crippen LogP contribution >= 0.6 is 11.8 Å². The molecule has 11 nitrogen and oxygen atoms in total. The van der Waals surface area contributed by atoms with Crippen molar-refractivity contribution in [1.82, 2.24) is 29.3 Å². The number of piperidine rings is 1. The van der Waals surface area contributed by atoms with Gasteiger partial charge in [0, 0.05) is 31.7 Å². The first-order chi connectivity index (χ1) is 20.5. The maximum atomic E-state index is 12.7. The van der Waals surface area contributed by atoms with Gasteiger partial charge in [0.25, 0.3) is 11.1 Å². The molecule has 0 bridgehead atoms. The fraction of sp³-hybridized carbons (Fsp3) is 0.367. The highest BCUT2D eigenvalue weighted by molar-refractivity contribution is 7.99. The van der Waals surface area contributed by atoms with Crippen molar-refractivity contribution in [3.8, 4) is 5.75 Å². The van der Waals surface area contributed by atoms with Gasteiger partial charge in [-0.3, -0.25) is 23.7 Å². The van der Waals surface area contributed by atoms with Crippen molar-refractivity contribution in [3.63, 3.8) is 0 Å². The molecule has 42 heavy (non-hydrogen) atoms. The lowest BCUT2D eigenvalue weighted by molar-refractivity contribution is 0.0697. The Morgan fingerprint density at radius 2 is 1.81 bits per heavy atom. The van der Waals surface area contributed by atoms with Gasteiger partial charge in [-0.05, 0) is 56.6 Å². The molecule has 12 heteroatoms. The highest BCUT2D eigenvalue weighted by Gasteiger charge is 2.27. The molecule has 7 rings (SSSR count). The number of benzene rings is 1. The van der Waals surface area contributed by atoms with E-state index in [0.29, 0.717) is 35.3 Å². The summed E-state index contributed by atoms with van der Waals surface area (Å²) >= 11 is 1.71. The normalized spacial score (nSPS) is 18.1. The number of thioether (sulfide) groups is 1. The number of carbonyl (C=O) groups is 1. The van der Waals surface area contributed by atoms with Crippen LogP contribution in [0.25, 0.3) is 11.2 Å². The standard InChI is InChI=1S/C23H26N6O3S.C7H6O2/c30-21-2-1-18-23-28(22(31)12-26-18)8-5-17(29(21)23)13-27-6-3-15(4-7-27)24-10-16-9-20-19(11-25-16)32-14-33-20;8-7(9)6-4-2-1-3-5-6/h1-2,9,11-12,15,17,24H,3-8,10,13-14H2;1-5H,(H,8,9)/t17-;/m0./s1. The van der Waals surface area contributed by atoms with Crippen LogP contribution in [-0.4, -0.2) is 66.7 Å². The molecule has 1 saturated heterocycles. The summed E-state index contributed by atoms with van der Waals surface area (Å²) in [5, 5.41) is 12.0. The zero-order valence-electron chi connectivity index (χ0n) is 23.0. The van der Waals surface area contributed by atoms with E-state index in [9.17, 15) is 14.4 Å². The highest BCUT2D eigenvalue weighted by Crippen LogP contribution is 2.35. The van der Waals surface area contributed by atoms with Crippen LogP contribution in [0.15, 0.2) is 75.4 Å². The second kappa shape index (κ2) is 12.5. The minimum atomic E-state index is -0.879. The average Bonchev–Trinajstić information content (AvgIpc) is 3.49. The number of likely N-dealkylation sites (tertiary alicyclic amines) is 1. The van der Waals surface area contributed by atoms with Crippen LogP contribution in [0.3, 0.4) is 0 Å². The molecule has 1 fully saturated rings. The van der Waals surface area contributed by atoms with Crippen LogP contribution < -0.4 is 21.2 Å². The fourth-order valence-electron chi connectivity index (χ4n) is 5.74. The number of ether oxygens (including phenoxy) is 1. The molecule has 4 aromatic rings. The highest BCUT2D eigenvalue weighted by atomic mass is 32.2. The summed E-state index contributed by atoms with van der Waals surface area (Å²) in [4.78, 5) is 47.6. The number of carboxylic acid groups (broad SMARTS) is 1. The van der Waals surface area contributed by atoms with E-state index >= 15 is 0 Å². The average molecular weight is 589 g/mol. The summed E-state index contributed by atoms with van der Waals surface area (Å²) in [6.07, 6.45) is 6.07. The molecule has 6 heterocycles. The van der Waals surface area contributed by atoms with Crippen molar-refractivity contribution in [2.45, 2.75) is 49.3 Å². The Balaban J connectivity index is 0.000000302. The molecule has 1 aromatic carbocycles. The molecule has 0 amide bonds. The maximum Gasteiger partial charge on any atom is 0.335 e. The lowest BCUT2D eigenvalue weighted by atomic mass is 10.0. The third kappa shape index (κ3) is 6.10. The largest absolute Gasteiger partial charge is 0.480 e. The molecule has 2 N–H and O–H groups in total. The number of carboxylic acids is 1. The van der Waals surface area contributed by atoms with Gasteiger partial charge < -0.3 is 20.1 Å². The minimum Gasteiger partial charge on any atom is -0.480 e. The van der Waals surface area contributed by atoms with Gasteiger partial charge in [-0.2, -0.15) is 0 Å². The molecule has 0 saturated carbocycles. The molecule has 0 spiro atoms. The Morgan fingerprint density at radius 3 is 2.57 bits per heavy atom. The first-order valence-corrected chi connectivity index (χ1v) is 15.0. The zero-order chi connectivity index (χ0) is 29.1. The predicted octanol–water partition coefficient (Wildman–Crippen LogP) is 2.98. The van der Waals surface area contributed by atoms with Gasteiger partial charge in [0.15, 0.2) is 5.75 Å². The Hall–Kier alpha value is -4.00. The van der Waals surface area contributed by atoms with Crippen LogP contribution in [0.2, 0.25) is 0 Å². The molecule has 3 aromatic heterocycles. The summed E-state index contributed by atoms with van der Waals surface area (Å²) < 4.78 is 8.98. The van der Waals surface area contributed by atoms with Crippen LogP contribution in [-0.2, 0) is 13.1 Å². The van der Waals surface area contributed by atoms with E-state index in [1.165, 1.54) is 11.1 Å². The number of rotatable bonds is 6. The van der Waals surface area contributed by atoms with E-state index in [2.05, 4.69) is 26.3 Å². The van der Waals surface area contributed by atoms with Gasteiger partial charge >= 0.3 is 5.97 Å². The zero-order valence-corrected chi connectivity index (χ0v) is 23.8. The number of hydrogen-bond donors (Lipinski definition) is 2. The summed E-state index contributed by atoms with van der Waals surface area (Å²) in [6, 6.07) is 14.2. The second-order valence-corrected chi connectivity index (χ2v) is 11.6. The fourth-order valence-corrected chi connectivity index (χ4v) is 6.52. The second-order valence-electron chi connectivity index (χ2n) is 10.6. The summed E-state index contributed by atoms with van der Waals surface area (Å²) in [6.45, 7) is 4.18. The molecular weight excluding hydrogens is 556 g/mol. The summed E-state index contributed by atoms with van der Waals surface area (Å²) in [5.74, 6) is 0.681. The number of pyridine rings is 2. The molecule has 3 aliphatic heterocycles. The molecule has 0 aliphatic carbocycles. The Kier molecular flexibility index (Phi) is 8.36. The molecular formula is C30H32N6O5S. The topological polar surface area (TPSA) is 132 Å². The van der Waals surface area contributed by atoms with Gasteiger partial charge in [-0.15, -0.1) is 0 Å². The van der Waals surface area contributed by atoms with Crippen molar-refractivity contribution in [3.05, 3.63) is 92.9 Å². The lowest BCUT2D eigenvalue weighted by Gasteiger charge is -2.36. The van der Waals surface area contributed by atoms with Gasteiger partial charge in [0.05, 0.1) is 34.6 Å². The Labute approximate surface area is 246 Å². The first-order valence-electron chi connectivity index (χ1n) is 14.1. The number of hydrogen-bond acceptors (Lipinski definition) is 9. The van der Waals surface area contributed by atoms with Gasteiger partial charge in [0.2, 0.25) is 0 Å². The Bertz CT molecular complexity index is 1700. The van der Waals surface area contributed by atoms with E-state index in [1.807, 2.05) is 6.20 Å². The van der Waals surface area contributed by atoms with Crippen LogP contribution in [0.5, 0.6) is 5.75 Å². The smallest absolute Gasteiger partial charge is 0.335 e. The van der Waals surface area contributed by atoms with Crippen LogP contribution in [0.1, 0.15) is 41.4 Å².